The SMILES string of the molecule is O=C(COc1ccc([N+](=O)[O-])cc1)N1CCC(c2ccccc2)CC1. The number of ether oxygens (including phenoxy) is 1. The molecule has 0 radical (unpaired) electrons. The number of carbonyl (C=O) groups excluding carboxylic acids is 1. The molecule has 130 valence electrons. The van der Waals surface area contributed by atoms with Gasteiger partial charge in [0.1, 0.15) is 5.75 Å². The van der Waals surface area contributed by atoms with E-state index in [2.05, 4.69) is 12.1 Å². The number of hydrogen-bond donors (Lipinski definition) is 0. The van der Waals surface area contributed by atoms with Crippen molar-refractivity contribution >= 4 is 11.6 Å². The molecule has 0 N–H and O–H groups in total. The number of amides is 1. The van der Waals surface area contributed by atoms with E-state index in [-0.39, 0.29) is 18.2 Å². The molecule has 0 unspecified atom stereocenters. The van der Waals surface area contributed by atoms with Gasteiger partial charge >= 0.3 is 0 Å². The lowest BCUT2D eigenvalue weighted by Gasteiger charge is -2.32. The molecule has 0 atom stereocenters. The van der Waals surface area contributed by atoms with E-state index in [1.807, 2.05) is 23.1 Å². The number of carbonyl (C=O) groups is 1. The Labute approximate surface area is 146 Å². The van der Waals surface area contributed by atoms with Crippen molar-refractivity contribution in [1.29, 1.82) is 0 Å². The summed E-state index contributed by atoms with van der Waals surface area (Å²) in [5, 5.41) is 10.6. The smallest absolute Gasteiger partial charge is 0.269 e. The van der Waals surface area contributed by atoms with Gasteiger partial charge in [0.05, 0.1) is 4.92 Å². The number of rotatable bonds is 5. The van der Waals surface area contributed by atoms with Gasteiger partial charge in [-0.25, -0.2) is 0 Å². The summed E-state index contributed by atoms with van der Waals surface area (Å²) < 4.78 is 5.45. The molecule has 2 aromatic carbocycles. The van der Waals surface area contributed by atoms with Gasteiger partial charge in [-0.05, 0) is 36.5 Å². The summed E-state index contributed by atoms with van der Waals surface area (Å²) in [6, 6.07) is 16.1. The highest BCUT2D eigenvalue weighted by molar-refractivity contribution is 5.77. The van der Waals surface area contributed by atoms with Crippen LogP contribution in [0.1, 0.15) is 24.3 Å². The van der Waals surface area contributed by atoms with Crippen molar-refractivity contribution in [2.24, 2.45) is 0 Å². The Morgan fingerprint density at radius 2 is 1.72 bits per heavy atom. The summed E-state index contributed by atoms with van der Waals surface area (Å²) in [6.07, 6.45) is 1.90. The lowest BCUT2D eigenvalue weighted by Crippen LogP contribution is -2.40. The largest absolute Gasteiger partial charge is 0.484 e. The summed E-state index contributed by atoms with van der Waals surface area (Å²) in [5.74, 6) is 0.906. The van der Waals surface area contributed by atoms with Crippen molar-refractivity contribution in [1.82, 2.24) is 4.90 Å². The molecule has 3 rings (SSSR count). The van der Waals surface area contributed by atoms with Crippen LogP contribution in [0, 0.1) is 10.1 Å². The lowest BCUT2D eigenvalue weighted by molar-refractivity contribution is -0.384. The maximum Gasteiger partial charge on any atom is 0.269 e. The van der Waals surface area contributed by atoms with Crippen LogP contribution in [0.4, 0.5) is 5.69 Å². The number of non-ortho nitro benzene ring substituents is 1. The molecule has 1 aliphatic rings. The minimum absolute atomic E-state index is 0.00154. The Balaban J connectivity index is 1.47. The molecule has 0 aromatic heterocycles. The van der Waals surface area contributed by atoms with Crippen molar-refractivity contribution in [3.63, 3.8) is 0 Å². The first-order valence-corrected chi connectivity index (χ1v) is 8.33. The van der Waals surface area contributed by atoms with Gasteiger partial charge in [0.2, 0.25) is 0 Å². The number of nitrogens with zero attached hydrogens (tertiary/aromatic N) is 2. The lowest BCUT2D eigenvalue weighted by atomic mass is 9.89. The summed E-state index contributed by atoms with van der Waals surface area (Å²) >= 11 is 0. The minimum Gasteiger partial charge on any atom is -0.484 e. The third-order valence-electron chi connectivity index (χ3n) is 4.53. The van der Waals surface area contributed by atoms with E-state index in [1.54, 1.807) is 0 Å². The first-order valence-electron chi connectivity index (χ1n) is 8.33. The average molecular weight is 340 g/mol. The molecule has 0 bridgehead atoms. The number of piperidine rings is 1. The topological polar surface area (TPSA) is 72.7 Å². The maximum absolute atomic E-state index is 12.3. The molecule has 2 aromatic rings. The second kappa shape index (κ2) is 7.79. The molecule has 1 saturated heterocycles. The molecule has 0 spiro atoms. The normalized spacial score (nSPS) is 15.0. The molecule has 1 fully saturated rings. The molecule has 0 aliphatic carbocycles. The molecule has 0 saturated carbocycles. The predicted octanol–water partition coefficient (Wildman–Crippen LogP) is 3.38. The minimum atomic E-state index is -0.466. The van der Waals surface area contributed by atoms with Gasteiger partial charge in [0.15, 0.2) is 6.61 Å². The molecular weight excluding hydrogens is 320 g/mol. The molecule has 1 aliphatic heterocycles. The predicted molar refractivity (Wildman–Crippen MR) is 93.6 cm³/mol. The molecule has 6 heteroatoms. The Morgan fingerprint density at radius 3 is 2.32 bits per heavy atom. The second-order valence-corrected chi connectivity index (χ2v) is 6.11. The zero-order valence-corrected chi connectivity index (χ0v) is 13.8. The van der Waals surface area contributed by atoms with Crippen molar-refractivity contribution in [3.05, 3.63) is 70.3 Å². The second-order valence-electron chi connectivity index (χ2n) is 6.11. The van der Waals surface area contributed by atoms with Gasteiger partial charge in [-0.3, -0.25) is 14.9 Å². The number of hydrogen-bond acceptors (Lipinski definition) is 4. The summed E-state index contributed by atoms with van der Waals surface area (Å²) in [6.45, 7) is 1.40. The highest BCUT2D eigenvalue weighted by atomic mass is 16.6. The van der Waals surface area contributed by atoms with Crippen molar-refractivity contribution in [3.8, 4) is 5.75 Å². The van der Waals surface area contributed by atoms with Crippen LogP contribution in [-0.2, 0) is 4.79 Å². The monoisotopic (exact) mass is 340 g/mol. The third-order valence-corrected chi connectivity index (χ3v) is 4.53. The Kier molecular flexibility index (Phi) is 5.28. The van der Waals surface area contributed by atoms with Crippen LogP contribution < -0.4 is 4.74 Å². The van der Waals surface area contributed by atoms with Crippen LogP contribution in [0.25, 0.3) is 0 Å². The van der Waals surface area contributed by atoms with E-state index in [0.29, 0.717) is 11.7 Å². The fourth-order valence-electron chi connectivity index (χ4n) is 3.09. The standard InChI is InChI=1S/C19H20N2O4/c22-19(14-25-18-8-6-17(7-9-18)21(23)24)20-12-10-16(11-13-20)15-4-2-1-3-5-15/h1-9,16H,10-14H2. The Hall–Kier alpha value is -2.89. The molecule has 1 heterocycles. The van der Waals surface area contributed by atoms with Crippen LogP contribution in [0.2, 0.25) is 0 Å². The van der Waals surface area contributed by atoms with Crippen LogP contribution in [0.5, 0.6) is 5.75 Å². The van der Waals surface area contributed by atoms with Gasteiger partial charge in [-0.15, -0.1) is 0 Å². The van der Waals surface area contributed by atoms with E-state index in [1.165, 1.54) is 29.8 Å². The van der Waals surface area contributed by atoms with E-state index in [0.717, 1.165) is 25.9 Å². The Morgan fingerprint density at radius 1 is 1.08 bits per heavy atom. The third kappa shape index (κ3) is 4.35. The Bertz CT molecular complexity index is 723. The zero-order chi connectivity index (χ0) is 17.6. The highest BCUT2D eigenvalue weighted by Gasteiger charge is 2.23. The number of benzene rings is 2. The van der Waals surface area contributed by atoms with Crippen LogP contribution in [-0.4, -0.2) is 35.4 Å². The van der Waals surface area contributed by atoms with Crippen molar-refractivity contribution in [2.75, 3.05) is 19.7 Å². The van der Waals surface area contributed by atoms with Gasteiger partial charge in [-0.1, -0.05) is 30.3 Å². The van der Waals surface area contributed by atoms with E-state index in [9.17, 15) is 14.9 Å². The number of nitro groups is 1. The summed E-state index contributed by atoms with van der Waals surface area (Å²) in [7, 11) is 0. The van der Waals surface area contributed by atoms with E-state index in [4.69, 9.17) is 4.74 Å². The average Bonchev–Trinajstić information content (AvgIpc) is 2.67. The van der Waals surface area contributed by atoms with E-state index < -0.39 is 4.92 Å². The van der Waals surface area contributed by atoms with Gasteiger partial charge < -0.3 is 9.64 Å². The summed E-state index contributed by atoms with van der Waals surface area (Å²) in [5.41, 5.74) is 1.33. The molecular formula is C19H20N2O4. The van der Waals surface area contributed by atoms with Crippen molar-refractivity contribution in [2.45, 2.75) is 18.8 Å². The molecule has 1 amide bonds. The van der Waals surface area contributed by atoms with E-state index >= 15 is 0 Å². The van der Waals surface area contributed by atoms with Gasteiger partial charge in [0, 0.05) is 25.2 Å². The van der Waals surface area contributed by atoms with Crippen LogP contribution in [0.3, 0.4) is 0 Å². The number of nitro benzene ring substituents is 1. The van der Waals surface area contributed by atoms with Gasteiger partial charge in [0.25, 0.3) is 11.6 Å². The van der Waals surface area contributed by atoms with Crippen molar-refractivity contribution < 1.29 is 14.5 Å². The number of likely N-dealkylation sites (tertiary alicyclic amines) is 1. The fourth-order valence-corrected chi connectivity index (χ4v) is 3.09. The maximum atomic E-state index is 12.3. The summed E-state index contributed by atoms with van der Waals surface area (Å²) in [4.78, 5) is 24.3. The van der Waals surface area contributed by atoms with Crippen LogP contribution in [0.15, 0.2) is 54.6 Å². The molecule has 25 heavy (non-hydrogen) atoms. The van der Waals surface area contributed by atoms with Crippen LogP contribution >= 0.6 is 0 Å². The highest BCUT2D eigenvalue weighted by Crippen LogP contribution is 2.27. The quantitative estimate of drug-likeness (QED) is 0.618. The zero-order valence-electron chi connectivity index (χ0n) is 13.8. The fraction of sp³-hybridized carbons (Fsp3) is 0.316. The molecule has 6 nitrogen and oxygen atoms in total. The van der Waals surface area contributed by atoms with Gasteiger partial charge in [-0.2, -0.15) is 0 Å². The first kappa shape index (κ1) is 17.0. The first-order chi connectivity index (χ1) is 12.1.